The maximum Gasteiger partial charge on any atom is 0.314 e. The van der Waals surface area contributed by atoms with Crippen molar-refractivity contribution in [2.24, 2.45) is 0 Å². The number of phenols is 2. The maximum atomic E-state index is 11.6. The van der Waals surface area contributed by atoms with Gasteiger partial charge in [0.05, 0.1) is 0 Å². The molecule has 6 heteroatoms. The van der Waals surface area contributed by atoms with Crippen molar-refractivity contribution >= 4 is 23.2 Å². The zero-order valence-electron chi connectivity index (χ0n) is 10.3. The van der Waals surface area contributed by atoms with Crippen molar-refractivity contribution < 1.29 is 19.8 Å². The second kappa shape index (κ2) is 5.75. The molecule has 0 heterocycles. The highest BCUT2D eigenvalue weighted by atomic mass is 16.3. The molecule has 0 saturated carbocycles. The number of hydrogen-bond donors (Lipinski definition) is 4. The fourth-order valence-electron chi connectivity index (χ4n) is 1.54. The standard InChI is InChI=1S/C14H12N2O4/c17-11-5-1-3-9(7-11)15-13(19)14(20)16-10-4-2-6-12(18)8-10/h1-8,17-18H,(H,15,19)(H,16,20). The predicted molar refractivity (Wildman–Crippen MR) is 73.5 cm³/mol. The van der Waals surface area contributed by atoms with E-state index >= 15 is 0 Å². The minimum absolute atomic E-state index is 0.0174. The molecule has 20 heavy (non-hydrogen) atoms. The Morgan fingerprint density at radius 3 is 1.50 bits per heavy atom. The Bertz CT molecular complexity index is 598. The Morgan fingerprint density at radius 1 is 0.750 bits per heavy atom. The Morgan fingerprint density at radius 2 is 1.15 bits per heavy atom. The van der Waals surface area contributed by atoms with Crippen LogP contribution in [0.25, 0.3) is 0 Å². The van der Waals surface area contributed by atoms with Gasteiger partial charge < -0.3 is 20.8 Å². The van der Waals surface area contributed by atoms with Gasteiger partial charge in [-0.15, -0.1) is 0 Å². The van der Waals surface area contributed by atoms with Gasteiger partial charge in [-0.1, -0.05) is 12.1 Å². The van der Waals surface area contributed by atoms with Crippen molar-refractivity contribution in [2.75, 3.05) is 10.6 Å². The van der Waals surface area contributed by atoms with Crippen LogP contribution in [0.5, 0.6) is 11.5 Å². The highest BCUT2D eigenvalue weighted by Gasteiger charge is 2.14. The number of nitrogens with one attached hydrogen (secondary N) is 2. The minimum Gasteiger partial charge on any atom is -0.508 e. The first-order valence-electron chi connectivity index (χ1n) is 5.75. The molecular formula is C14H12N2O4. The fraction of sp³-hybridized carbons (Fsp3) is 0. The van der Waals surface area contributed by atoms with Crippen molar-refractivity contribution in [3.05, 3.63) is 48.5 Å². The lowest BCUT2D eigenvalue weighted by molar-refractivity contribution is -0.133. The van der Waals surface area contributed by atoms with Gasteiger partial charge in [-0.05, 0) is 24.3 Å². The van der Waals surface area contributed by atoms with Crippen molar-refractivity contribution in [1.82, 2.24) is 0 Å². The molecule has 2 aromatic rings. The molecule has 0 bridgehead atoms. The molecule has 2 amide bonds. The third-order valence-electron chi connectivity index (χ3n) is 2.41. The van der Waals surface area contributed by atoms with E-state index < -0.39 is 11.8 Å². The van der Waals surface area contributed by atoms with E-state index in [4.69, 9.17) is 0 Å². The number of rotatable bonds is 2. The molecular weight excluding hydrogens is 260 g/mol. The van der Waals surface area contributed by atoms with Gasteiger partial charge in [0, 0.05) is 23.5 Å². The van der Waals surface area contributed by atoms with E-state index in [2.05, 4.69) is 10.6 Å². The number of phenolic OH excluding ortho intramolecular Hbond substituents is 2. The Kier molecular flexibility index (Phi) is 3.85. The Balaban J connectivity index is 2.01. The van der Waals surface area contributed by atoms with Crippen LogP contribution in [-0.2, 0) is 9.59 Å². The molecule has 2 rings (SSSR count). The van der Waals surface area contributed by atoms with Crippen molar-refractivity contribution in [1.29, 1.82) is 0 Å². The molecule has 0 aromatic heterocycles. The van der Waals surface area contributed by atoms with Crippen LogP contribution >= 0.6 is 0 Å². The molecule has 0 saturated heterocycles. The predicted octanol–water partition coefficient (Wildman–Crippen LogP) is 1.67. The van der Waals surface area contributed by atoms with E-state index in [0.717, 1.165) is 0 Å². The summed E-state index contributed by atoms with van der Waals surface area (Å²) in [4.78, 5) is 23.3. The lowest BCUT2D eigenvalue weighted by atomic mass is 10.3. The molecule has 0 spiro atoms. The molecule has 0 aliphatic rings. The number of benzene rings is 2. The highest BCUT2D eigenvalue weighted by molar-refractivity contribution is 6.43. The zero-order valence-corrected chi connectivity index (χ0v) is 10.3. The monoisotopic (exact) mass is 272 g/mol. The number of anilines is 2. The molecule has 0 unspecified atom stereocenters. The minimum atomic E-state index is -0.876. The lowest BCUT2D eigenvalue weighted by Gasteiger charge is -2.07. The fourth-order valence-corrected chi connectivity index (χ4v) is 1.54. The number of amides is 2. The van der Waals surface area contributed by atoms with Crippen molar-refractivity contribution in [3.63, 3.8) is 0 Å². The van der Waals surface area contributed by atoms with Crippen LogP contribution in [0, 0.1) is 0 Å². The second-order valence-electron chi connectivity index (χ2n) is 4.01. The number of carbonyl (C=O) groups is 2. The third kappa shape index (κ3) is 3.49. The van der Waals surface area contributed by atoms with Gasteiger partial charge in [0.1, 0.15) is 11.5 Å². The maximum absolute atomic E-state index is 11.6. The summed E-state index contributed by atoms with van der Waals surface area (Å²) in [5.74, 6) is -1.79. The van der Waals surface area contributed by atoms with Crippen LogP contribution in [0.4, 0.5) is 11.4 Å². The number of aromatic hydroxyl groups is 2. The summed E-state index contributed by atoms with van der Waals surface area (Å²) < 4.78 is 0. The molecule has 0 fully saturated rings. The molecule has 0 aliphatic heterocycles. The summed E-state index contributed by atoms with van der Waals surface area (Å²) in [6.07, 6.45) is 0. The quantitative estimate of drug-likeness (QED) is 0.625. The van der Waals surface area contributed by atoms with Gasteiger partial charge in [-0.3, -0.25) is 9.59 Å². The Labute approximate surface area is 114 Å². The third-order valence-corrected chi connectivity index (χ3v) is 2.41. The highest BCUT2D eigenvalue weighted by Crippen LogP contribution is 2.17. The molecule has 102 valence electrons. The van der Waals surface area contributed by atoms with E-state index in [1.807, 2.05) is 0 Å². The molecule has 6 nitrogen and oxygen atoms in total. The van der Waals surface area contributed by atoms with Crippen LogP contribution in [-0.4, -0.2) is 22.0 Å². The lowest BCUT2D eigenvalue weighted by Crippen LogP contribution is -2.29. The summed E-state index contributed by atoms with van der Waals surface area (Å²) in [5, 5.41) is 23.2. The van der Waals surface area contributed by atoms with Crippen LogP contribution in [0.3, 0.4) is 0 Å². The zero-order chi connectivity index (χ0) is 14.5. The summed E-state index contributed by atoms with van der Waals surface area (Å²) in [5.41, 5.74) is 0.613. The van der Waals surface area contributed by atoms with E-state index in [1.165, 1.54) is 36.4 Å². The van der Waals surface area contributed by atoms with Crippen LogP contribution in [0.2, 0.25) is 0 Å². The normalized spacial score (nSPS) is 9.80. The van der Waals surface area contributed by atoms with Gasteiger partial charge in [-0.25, -0.2) is 0 Å². The van der Waals surface area contributed by atoms with Crippen LogP contribution < -0.4 is 10.6 Å². The van der Waals surface area contributed by atoms with E-state index in [0.29, 0.717) is 11.4 Å². The van der Waals surface area contributed by atoms with Gasteiger partial charge in [-0.2, -0.15) is 0 Å². The average molecular weight is 272 g/mol. The summed E-state index contributed by atoms with van der Waals surface area (Å²) in [7, 11) is 0. The molecule has 4 N–H and O–H groups in total. The largest absolute Gasteiger partial charge is 0.508 e. The Hall–Kier alpha value is -3.02. The van der Waals surface area contributed by atoms with E-state index in [1.54, 1.807) is 12.1 Å². The topological polar surface area (TPSA) is 98.7 Å². The van der Waals surface area contributed by atoms with Crippen LogP contribution in [0.1, 0.15) is 0 Å². The summed E-state index contributed by atoms with van der Waals surface area (Å²) in [6.45, 7) is 0. The molecule has 0 aliphatic carbocycles. The molecule has 0 radical (unpaired) electrons. The molecule has 0 atom stereocenters. The van der Waals surface area contributed by atoms with E-state index in [-0.39, 0.29) is 11.5 Å². The summed E-state index contributed by atoms with van der Waals surface area (Å²) in [6, 6.07) is 11.7. The van der Waals surface area contributed by atoms with Crippen molar-refractivity contribution in [2.45, 2.75) is 0 Å². The number of hydrogen-bond acceptors (Lipinski definition) is 4. The van der Waals surface area contributed by atoms with Gasteiger partial charge in [0.15, 0.2) is 0 Å². The van der Waals surface area contributed by atoms with Crippen molar-refractivity contribution in [3.8, 4) is 11.5 Å². The number of carbonyl (C=O) groups excluding carboxylic acids is 2. The second-order valence-corrected chi connectivity index (χ2v) is 4.01. The van der Waals surface area contributed by atoms with Gasteiger partial charge in [0.2, 0.25) is 0 Å². The van der Waals surface area contributed by atoms with E-state index in [9.17, 15) is 19.8 Å². The van der Waals surface area contributed by atoms with Crippen LogP contribution in [0.15, 0.2) is 48.5 Å². The van der Waals surface area contributed by atoms with Gasteiger partial charge in [0.25, 0.3) is 0 Å². The first kappa shape index (κ1) is 13.4. The average Bonchev–Trinajstić information content (AvgIpc) is 2.38. The first-order valence-corrected chi connectivity index (χ1v) is 5.75. The first-order chi connectivity index (χ1) is 9.54. The SMILES string of the molecule is O=C(Nc1cccc(O)c1)C(=O)Nc1cccc(O)c1. The smallest absolute Gasteiger partial charge is 0.314 e. The van der Waals surface area contributed by atoms with Gasteiger partial charge >= 0.3 is 11.8 Å². The summed E-state index contributed by atoms with van der Waals surface area (Å²) >= 11 is 0. The molecule has 2 aromatic carbocycles.